The van der Waals surface area contributed by atoms with Crippen LogP contribution in [0.2, 0.25) is 5.02 Å². The maximum atomic E-state index is 15.0. The highest BCUT2D eigenvalue weighted by Gasteiger charge is 2.33. The van der Waals surface area contributed by atoms with Gasteiger partial charge in [0.25, 0.3) is 5.91 Å². The molecule has 1 aromatic rings. The van der Waals surface area contributed by atoms with Gasteiger partial charge in [-0.25, -0.2) is 14.1 Å². The topological polar surface area (TPSA) is 99.2 Å². The molecule has 0 saturated carbocycles. The van der Waals surface area contributed by atoms with Crippen molar-refractivity contribution in [1.29, 1.82) is 0 Å². The number of rotatable bonds is 11. The van der Waals surface area contributed by atoms with E-state index in [1.807, 2.05) is 0 Å². The molecule has 1 aliphatic carbocycles. The summed E-state index contributed by atoms with van der Waals surface area (Å²) in [6, 6.07) is 2.24. The lowest BCUT2D eigenvalue weighted by Crippen LogP contribution is -2.39. The number of nitrogens with zero attached hydrogens (tertiary/aromatic N) is 1. The van der Waals surface area contributed by atoms with Crippen LogP contribution < -0.4 is 4.90 Å². The molecule has 0 spiro atoms. The molecule has 0 atom stereocenters. The number of thioether (sulfide) groups is 1. The molecule has 0 aromatic heterocycles. The van der Waals surface area contributed by atoms with E-state index in [1.54, 1.807) is 20.8 Å². The van der Waals surface area contributed by atoms with Gasteiger partial charge in [-0.15, -0.1) is 11.8 Å². The highest BCUT2D eigenvalue weighted by Crippen LogP contribution is 2.36. The van der Waals surface area contributed by atoms with Crippen molar-refractivity contribution in [2.75, 3.05) is 30.7 Å². The predicted molar refractivity (Wildman–Crippen MR) is 130 cm³/mol. The fourth-order valence-corrected chi connectivity index (χ4v) is 4.48. The van der Waals surface area contributed by atoms with E-state index in [4.69, 9.17) is 25.8 Å². The third-order valence-corrected chi connectivity index (χ3v) is 6.55. The number of benzene rings is 1. The van der Waals surface area contributed by atoms with Crippen LogP contribution in [0.15, 0.2) is 28.2 Å². The standard InChI is InChI=1S/C24H29ClFNO7S/c1-4-21(28)27(19-12-20(17(25)11-18(19)26)35-13-22(29)33-6-3)23(30)15-9-7-8-10-16(15)24(31)34-14-32-5-2/h11-12H,4-10,13-14H2,1-3H3. The lowest BCUT2D eigenvalue weighted by atomic mass is 9.90. The number of imide groups is 1. The second kappa shape index (κ2) is 14.2. The molecule has 1 aliphatic rings. The summed E-state index contributed by atoms with van der Waals surface area (Å²) in [7, 11) is 0. The first-order chi connectivity index (χ1) is 16.7. The minimum atomic E-state index is -0.887. The Morgan fingerprint density at radius 1 is 1.03 bits per heavy atom. The van der Waals surface area contributed by atoms with Gasteiger partial charge in [-0.05, 0) is 51.7 Å². The second-order valence-corrected chi connectivity index (χ2v) is 8.85. The number of hydrogen-bond acceptors (Lipinski definition) is 8. The monoisotopic (exact) mass is 529 g/mol. The van der Waals surface area contributed by atoms with E-state index in [1.165, 1.54) is 6.07 Å². The van der Waals surface area contributed by atoms with Crippen LogP contribution in [0.25, 0.3) is 0 Å². The Balaban J connectivity index is 2.46. The first-order valence-electron chi connectivity index (χ1n) is 11.4. The van der Waals surface area contributed by atoms with Gasteiger partial charge in [-0.1, -0.05) is 18.5 Å². The molecule has 2 rings (SSSR count). The quantitative estimate of drug-likeness (QED) is 0.174. The Morgan fingerprint density at radius 2 is 1.71 bits per heavy atom. The molecule has 0 radical (unpaired) electrons. The van der Waals surface area contributed by atoms with Crippen LogP contribution in [-0.2, 0) is 33.4 Å². The SMILES string of the molecule is CCOCOC(=O)C1=C(C(=O)N(C(=O)CC)c2cc(SCC(=O)OCC)c(Cl)cc2F)CCCC1. The second-order valence-electron chi connectivity index (χ2n) is 7.42. The molecule has 192 valence electrons. The molecule has 0 aliphatic heterocycles. The molecule has 8 nitrogen and oxygen atoms in total. The smallest absolute Gasteiger partial charge is 0.336 e. The Labute approximate surface area is 213 Å². The summed E-state index contributed by atoms with van der Waals surface area (Å²) in [5.41, 5.74) is -0.0477. The fourth-order valence-electron chi connectivity index (χ4n) is 3.42. The summed E-state index contributed by atoms with van der Waals surface area (Å²) in [5, 5.41) is 0.0222. The van der Waals surface area contributed by atoms with Crippen LogP contribution in [-0.4, -0.2) is 49.5 Å². The molecule has 0 fully saturated rings. The predicted octanol–water partition coefficient (Wildman–Crippen LogP) is 4.81. The zero-order valence-electron chi connectivity index (χ0n) is 20.0. The highest BCUT2D eigenvalue weighted by molar-refractivity contribution is 8.00. The van der Waals surface area contributed by atoms with E-state index in [9.17, 15) is 19.2 Å². The first-order valence-corrected chi connectivity index (χ1v) is 12.7. The minimum Gasteiger partial charge on any atom is -0.465 e. The van der Waals surface area contributed by atoms with Gasteiger partial charge in [0.2, 0.25) is 5.91 Å². The molecule has 35 heavy (non-hydrogen) atoms. The number of carbonyl (C=O) groups is 4. The Bertz CT molecular complexity index is 998. The molecule has 11 heteroatoms. The summed E-state index contributed by atoms with van der Waals surface area (Å²) in [6.07, 6.45) is 1.74. The number of ether oxygens (including phenoxy) is 3. The van der Waals surface area contributed by atoms with Crippen molar-refractivity contribution >= 4 is 52.8 Å². The van der Waals surface area contributed by atoms with Crippen LogP contribution in [0, 0.1) is 5.82 Å². The molecule has 0 saturated heterocycles. The maximum Gasteiger partial charge on any atom is 0.336 e. The average Bonchev–Trinajstić information content (AvgIpc) is 2.84. The summed E-state index contributed by atoms with van der Waals surface area (Å²) < 4.78 is 30.1. The van der Waals surface area contributed by atoms with E-state index in [2.05, 4.69) is 0 Å². The largest absolute Gasteiger partial charge is 0.465 e. The van der Waals surface area contributed by atoms with E-state index in [0.29, 0.717) is 30.8 Å². The fraction of sp³-hybridized carbons (Fsp3) is 0.500. The normalized spacial score (nSPS) is 13.4. The summed E-state index contributed by atoms with van der Waals surface area (Å²) in [5.74, 6) is -3.61. The lowest BCUT2D eigenvalue weighted by Gasteiger charge is -2.26. The van der Waals surface area contributed by atoms with Gasteiger partial charge >= 0.3 is 11.9 Å². The van der Waals surface area contributed by atoms with Crippen molar-refractivity contribution in [2.45, 2.75) is 57.8 Å². The van der Waals surface area contributed by atoms with Gasteiger partial charge in [0, 0.05) is 29.1 Å². The van der Waals surface area contributed by atoms with Gasteiger partial charge in [-0.2, -0.15) is 0 Å². The molecule has 0 bridgehead atoms. The van der Waals surface area contributed by atoms with Gasteiger partial charge in [0.15, 0.2) is 6.79 Å². The van der Waals surface area contributed by atoms with Gasteiger partial charge in [-0.3, -0.25) is 14.4 Å². The number of anilines is 1. The molecule has 0 N–H and O–H groups in total. The highest BCUT2D eigenvalue weighted by atomic mass is 35.5. The van der Waals surface area contributed by atoms with Gasteiger partial charge in [0.1, 0.15) is 5.82 Å². The van der Waals surface area contributed by atoms with E-state index in [-0.39, 0.29) is 53.9 Å². The van der Waals surface area contributed by atoms with Crippen LogP contribution in [0.4, 0.5) is 10.1 Å². The zero-order valence-corrected chi connectivity index (χ0v) is 21.6. The number of halogens is 2. The van der Waals surface area contributed by atoms with Crippen molar-refractivity contribution in [3.05, 3.63) is 34.1 Å². The maximum absolute atomic E-state index is 15.0. The molecule has 1 aromatic carbocycles. The van der Waals surface area contributed by atoms with Crippen molar-refractivity contribution in [1.82, 2.24) is 0 Å². The Hall–Kier alpha value is -2.43. The molecule has 0 heterocycles. The molecule has 0 unspecified atom stereocenters. The van der Waals surface area contributed by atoms with Crippen LogP contribution >= 0.6 is 23.4 Å². The van der Waals surface area contributed by atoms with Crippen molar-refractivity contribution in [3.8, 4) is 0 Å². The molecular formula is C24H29ClFNO7S. The van der Waals surface area contributed by atoms with Crippen LogP contribution in [0.1, 0.15) is 52.9 Å². The number of esters is 2. The van der Waals surface area contributed by atoms with Crippen LogP contribution in [0.3, 0.4) is 0 Å². The Kier molecular flexibility index (Phi) is 11.7. The van der Waals surface area contributed by atoms with Crippen molar-refractivity contribution in [2.24, 2.45) is 0 Å². The first kappa shape index (κ1) is 28.8. The molecular weight excluding hydrogens is 501 g/mol. The van der Waals surface area contributed by atoms with E-state index < -0.39 is 29.6 Å². The van der Waals surface area contributed by atoms with Crippen LogP contribution in [0.5, 0.6) is 0 Å². The zero-order chi connectivity index (χ0) is 26.0. The third kappa shape index (κ3) is 7.78. The summed E-state index contributed by atoms with van der Waals surface area (Å²) in [6.45, 7) is 5.26. The number of hydrogen-bond donors (Lipinski definition) is 0. The van der Waals surface area contributed by atoms with Crippen molar-refractivity contribution in [3.63, 3.8) is 0 Å². The van der Waals surface area contributed by atoms with Crippen molar-refractivity contribution < 1.29 is 37.8 Å². The van der Waals surface area contributed by atoms with Gasteiger partial charge < -0.3 is 14.2 Å². The minimum absolute atomic E-state index is 0.0222. The van der Waals surface area contributed by atoms with Gasteiger partial charge in [0.05, 0.1) is 23.1 Å². The lowest BCUT2D eigenvalue weighted by molar-refractivity contribution is -0.151. The van der Waals surface area contributed by atoms with E-state index in [0.717, 1.165) is 22.7 Å². The number of carbonyl (C=O) groups excluding carboxylic acids is 4. The number of amides is 2. The summed E-state index contributed by atoms with van der Waals surface area (Å²) >= 11 is 7.15. The summed E-state index contributed by atoms with van der Waals surface area (Å²) in [4.78, 5) is 51.8. The Morgan fingerprint density at radius 3 is 2.34 bits per heavy atom. The average molecular weight is 530 g/mol. The molecule has 2 amide bonds. The van der Waals surface area contributed by atoms with E-state index >= 15 is 4.39 Å². The third-order valence-electron chi connectivity index (χ3n) is 5.10.